The van der Waals surface area contributed by atoms with Gasteiger partial charge in [-0.2, -0.15) is 0 Å². The summed E-state index contributed by atoms with van der Waals surface area (Å²) >= 11 is 9.40. The zero-order chi connectivity index (χ0) is 26.1. The molecule has 0 aliphatic carbocycles. The standard InChI is InChI=1S/C28H29BrClFN2O3/c1-19(2)16-32-28(35)25(14-20-6-4-3-5-7-20)33(17-21-8-11-23(31)12-9-21)27(34)18-36-26-13-10-22(30)15-24(26)29/h3-13,15,19,25H,14,16-18H2,1-2H3,(H,32,35)/t25-/m0/s1. The van der Waals surface area contributed by atoms with Gasteiger partial charge < -0.3 is 15.0 Å². The van der Waals surface area contributed by atoms with Crippen LogP contribution in [0.4, 0.5) is 4.39 Å². The summed E-state index contributed by atoms with van der Waals surface area (Å²) in [6.07, 6.45) is 0.322. The van der Waals surface area contributed by atoms with Crippen molar-refractivity contribution in [2.45, 2.75) is 32.9 Å². The van der Waals surface area contributed by atoms with Gasteiger partial charge >= 0.3 is 0 Å². The van der Waals surface area contributed by atoms with Gasteiger partial charge in [0.2, 0.25) is 5.91 Å². The summed E-state index contributed by atoms with van der Waals surface area (Å²) in [5, 5.41) is 3.50. The van der Waals surface area contributed by atoms with Crippen LogP contribution >= 0.6 is 27.5 Å². The van der Waals surface area contributed by atoms with Crippen molar-refractivity contribution in [1.29, 1.82) is 0 Å². The molecule has 3 aromatic rings. The lowest BCUT2D eigenvalue weighted by molar-refractivity contribution is -0.142. The minimum Gasteiger partial charge on any atom is -0.483 e. The zero-order valence-corrected chi connectivity index (χ0v) is 22.6. The van der Waals surface area contributed by atoms with Crippen LogP contribution in [-0.4, -0.2) is 35.9 Å². The highest BCUT2D eigenvalue weighted by molar-refractivity contribution is 9.10. The highest BCUT2D eigenvalue weighted by Crippen LogP contribution is 2.28. The van der Waals surface area contributed by atoms with Gasteiger partial charge in [0, 0.05) is 24.5 Å². The van der Waals surface area contributed by atoms with Crippen LogP contribution in [0.1, 0.15) is 25.0 Å². The SMILES string of the molecule is CC(C)CNC(=O)[C@H](Cc1ccccc1)N(Cc1ccc(F)cc1)C(=O)COc1ccc(Cl)cc1Br. The van der Waals surface area contributed by atoms with Crippen LogP contribution < -0.4 is 10.1 Å². The highest BCUT2D eigenvalue weighted by Gasteiger charge is 2.31. The van der Waals surface area contributed by atoms with Crippen LogP contribution in [0.2, 0.25) is 5.02 Å². The molecular weight excluding hydrogens is 547 g/mol. The third-order valence-corrected chi connectivity index (χ3v) is 6.32. The molecule has 1 N–H and O–H groups in total. The molecule has 0 bridgehead atoms. The van der Waals surface area contributed by atoms with Gasteiger partial charge in [0.25, 0.3) is 5.91 Å². The fraction of sp³-hybridized carbons (Fsp3) is 0.286. The number of carbonyl (C=O) groups is 2. The molecule has 0 unspecified atom stereocenters. The van der Waals surface area contributed by atoms with Crippen LogP contribution in [0.15, 0.2) is 77.3 Å². The molecule has 2 amide bonds. The molecule has 3 rings (SSSR count). The van der Waals surface area contributed by atoms with Crippen LogP contribution in [0.25, 0.3) is 0 Å². The van der Waals surface area contributed by atoms with Crippen LogP contribution in [0.5, 0.6) is 5.75 Å². The lowest BCUT2D eigenvalue weighted by atomic mass is 10.0. The van der Waals surface area contributed by atoms with Gasteiger partial charge in [0.05, 0.1) is 4.47 Å². The van der Waals surface area contributed by atoms with E-state index >= 15 is 0 Å². The lowest BCUT2D eigenvalue weighted by Crippen LogP contribution is -2.52. The average Bonchev–Trinajstić information content (AvgIpc) is 2.85. The van der Waals surface area contributed by atoms with Crippen LogP contribution in [0.3, 0.4) is 0 Å². The van der Waals surface area contributed by atoms with E-state index in [0.29, 0.717) is 33.8 Å². The second kappa shape index (κ2) is 13.4. The van der Waals surface area contributed by atoms with E-state index in [1.54, 1.807) is 30.3 Å². The number of carbonyl (C=O) groups excluding carboxylic acids is 2. The Morgan fingerprint density at radius 1 is 1.03 bits per heavy atom. The summed E-state index contributed by atoms with van der Waals surface area (Å²) in [6.45, 7) is 4.33. The Labute approximate surface area is 224 Å². The summed E-state index contributed by atoms with van der Waals surface area (Å²) in [5.74, 6) is -0.294. The van der Waals surface area contributed by atoms with E-state index in [1.165, 1.54) is 17.0 Å². The van der Waals surface area contributed by atoms with Gasteiger partial charge in [-0.1, -0.05) is 67.9 Å². The van der Waals surface area contributed by atoms with E-state index in [4.69, 9.17) is 16.3 Å². The quantitative estimate of drug-likeness (QED) is 0.304. The summed E-state index contributed by atoms with van der Waals surface area (Å²) in [4.78, 5) is 28.4. The molecule has 0 saturated carbocycles. The van der Waals surface area contributed by atoms with Crippen LogP contribution in [-0.2, 0) is 22.6 Å². The molecule has 0 spiro atoms. The maximum absolute atomic E-state index is 13.5. The van der Waals surface area contributed by atoms with Gasteiger partial charge in [-0.3, -0.25) is 9.59 Å². The van der Waals surface area contributed by atoms with Gasteiger partial charge in [-0.15, -0.1) is 0 Å². The maximum Gasteiger partial charge on any atom is 0.261 e. The number of nitrogens with one attached hydrogen (secondary N) is 1. The van der Waals surface area contributed by atoms with E-state index in [-0.39, 0.29) is 36.7 Å². The average molecular weight is 576 g/mol. The van der Waals surface area contributed by atoms with Crippen molar-refractivity contribution in [2.75, 3.05) is 13.2 Å². The Morgan fingerprint density at radius 2 is 1.72 bits per heavy atom. The summed E-state index contributed by atoms with van der Waals surface area (Å²) < 4.78 is 19.9. The summed E-state index contributed by atoms with van der Waals surface area (Å²) in [6, 6.07) is 19.6. The summed E-state index contributed by atoms with van der Waals surface area (Å²) in [5.41, 5.74) is 1.62. The number of rotatable bonds is 11. The first-order valence-corrected chi connectivity index (χ1v) is 12.8. The van der Waals surface area contributed by atoms with Crippen molar-refractivity contribution >= 4 is 39.3 Å². The predicted molar refractivity (Wildman–Crippen MR) is 143 cm³/mol. The number of benzene rings is 3. The number of halogens is 3. The Balaban J connectivity index is 1.90. The second-order valence-corrected chi connectivity index (χ2v) is 10.1. The number of hydrogen-bond acceptors (Lipinski definition) is 3. The van der Waals surface area contributed by atoms with Crippen LogP contribution in [0, 0.1) is 11.7 Å². The molecule has 36 heavy (non-hydrogen) atoms. The Kier molecular flexibility index (Phi) is 10.3. The fourth-order valence-electron chi connectivity index (χ4n) is 3.58. The van der Waals surface area contributed by atoms with Gasteiger partial charge in [0.15, 0.2) is 6.61 Å². The Bertz CT molecular complexity index is 1160. The topological polar surface area (TPSA) is 58.6 Å². The number of ether oxygens (including phenoxy) is 1. The number of amides is 2. The van der Waals surface area contributed by atoms with Gasteiger partial charge in [-0.05, 0) is 63.3 Å². The molecule has 0 aliphatic heterocycles. The fourth-order valence-corrected chi connectivity index (χ4v) is 4.37. The van der Waals surface area contributed by atoms with Gasteiger partial charge in [0.1, 0.15) is 17.6 Å². The van der Waals surface area contributed by atoms with E-state index in [2.05, 4.69) is 21.2 Å². The third-order valence-electron chi connectivity index (χ3n) is 5.47. The molecule has 8 heteroatoms. The first kappa shape index (κ1) is 27.7. The first-order chi connectivity index (χ1) is 17.2. The molecule has 0 aliphatic rings. The third kappa shape index (κ3) is 8.35. The van der Waals surface area contributed by atoms with Crippen molar-refractivity contribution < 1.29 is 18.7 Å². The molecule has 1 atom stereocenters. The van der Waals surface area contributed by atoms with Crippen molar-refractivity contribution in [3.63, 3.8) is 0 Å². The van der Waals surface area contributed by atoms with Gasteiger partial charge in [-0.25, -0.2) is 4.39 Å². The van der Waals surface area contributed by atoms with E-state index in [1.807, 2.05) is 44.2 Å². The second-order valence-electron chi connectivity index (χ2n) is 8.86. The molecule has 0 saturated heterocycles. The largest absolute Gasteiger partial charge is 0.483 e. The summed E-state index contributed by atoms with van der Waals surface area (Å²) in [7, 11) is 0. The zero-order valence-electron chi connectivity index (χ0n) is 20.2. The normalized spacial score (nSPS) is 11.7. The van der Waals surface area contributed by atoms with E-state index in [9.17, 15) is 14.0 Å². The van der Waals surface area contributed by atoms with Crippen molar-refractivity contribution in [3.05, 3.63) is 99.2 Å². The number of hydrogen-bond donors (Lipinski definition) is 1. The lowest BCUT2D eigenvalue weighted by Gasteiger charge is -2.31. The maximum atomic E-state index is 13.5. The highest BCUT2D eigenvalue weighted by atomic mass is 79.9. The molecule has 0 fully saturated rings. The minimum absolute atomic E-state index is 0.122. The molecule has 0 radical (unpaired) electrons. The monoisotopic (exact) mass is 574 g/mol. The number of nitrogens with zero attached hydrogens (tertiary/aromatic N) is 1. The molecular formula is C28H29BrClFN2O3. The van der Waals surface area contributed by atoms with Crippen molar-refractivity contribution in [3.8, 4) is 5.75 Å². The Hall–Kier alpha value is -2.90. The van der Waals surface area contributed by atoms with E-state index < -0.39 is 6.04 Å². The van der Waals surface area contributed by atoms with E-state index in [0.717, 1.165) is 5.56 Å². The molecule has 0 heterocycles. The Morgan fingerprint density at radius 3 is 2.36 bits per heavy atom. The minimum atomic E-state index is -0.791. The van der Waals surface area contributed by atoms with Crippen molar-refractivity contribution in [1.82, 2.24) is 10.2 Å². The molecule has 5 nitrogen and oxygen atoms in total. The molecule has 190 valence electrons. The molecule has 3 aromatic carbocycles. The predicted octanol–water partition coefficient (Wildman–Crippen LogP) is 6.03. The first-order valence-electron chi connectivity index (χ1n) is 11.7. The smallest absolute Gasteiger partial charge is 0.261 e. The van der Waals surface area contributed by atoms with Crippen molar-refractivity contribution in [2.24, 2.45) is 5.92 Å². The molecule has 0 aromatic heterocycles.